The van der Waals surface area contributed by atoms with Crippen molar-refractivity contribution in [3.63, 3.8) is 0 Å². The molecule has 4 aromatic rings. The minimum absolute atomic E-state index is 0.0318. The minimum atomic E-state index is -0.805. The highest BCUT2D eigenvalue weighted by molar-refractivity contribution is 6.52. The molecule has 1 amide bonds. The number of amides is 1. The Hall–Kier alpha value is -4.45. The highest BCUT2D eigenvalue weighted by Gasteiger charge is 2.47. The molecule has 6 heteroatoms. The zero-order valence-electron chi connectivity index (χ0n) is 17.8. The van der Waals surface area contributed by atoms with Crippen molar-refractivity contribution >= 4 is 33.9 Å². The molecule has 1 saturated heterocycles. The minimum Gasteiger partial charge on any atom is -0.507 e. The van der Waals surface area contributed by atoms with Gasteiger partial charge in [0.05, 0.1) is 24.4 Å². The smallest absolute Gasteiger partial charge is 0.300 e. The van der Waals surface area contributed by atoms with Crippen molar-refractivity contribution in [3.8, 4) is 5.75 Å². The number of fused-ring (bicyclic) bond motifs is 1. The summed E-state index contributed by atoms with van der Waals surface area (Å²) >= 11 is 0. The van der Waals surface area contributed by atoms with Gasteiger partial charge in [0.2, 0.25) is 0 Å². The van der Waals surface area contributed by atoms with Gasteiger partial charge in [-0.3, -0.25) is 19.5 Å². The van der Waals surface area contributed by atoms with E-state index in [1.165, 1.54) is 4.90 Å². The summed E-state index contributed by atoms with van der Waals surface area (Å²) in [5, 5.41) is 13.0. The summed E-state index contributed by atoms with van der Waals surface area (Å²) in [6.45, 7) is 0. The maximum Gasteiger partial charge on any atom is 0.300 e. The Kier molecular flexibility index (Phi) is 5.11. The maximum absolute atomic E-state index is 13.4. The Bertz CT molecular complexity index is 1390. The quantitative estimate of drug-likeness (QED) is 0.281. The topological polar surface area (TPSA) is 79.7 Å². The number of ketones is 1. The van der Waals surface area contributed by atoms with Crippen LogP contribution in [0.5, 0.6) is 5.75 Å². The van der Waals surface area contributed by atoms with Gasteiger partial charge in [-0.1, -0.05) is 36.4 Å². The van der Waals surface area contributed by atoms with Gasteiger partial charge < -0.3 is 9.84 Å². The standard InChI is InChI=1S/C27H20N2O4/c1-33-20-11-9-19(10-12-20)25(30)23-24(18-13-15-28-16-14-18)29(27(32)26(23)31)22-8-4-6-17-5-2-3-7-21(17)22/h2-16,24,30H,1H3/b25-23+. The number of benzene rings is 3. The fourth-order valence-corrected chi connectivity index (χ4v) is 4.26. The van der Waals surface area contributed by atoms with Gasteiger partial charge in [-0.25, -0.2) is 0 Å². The number of aromatic nitrogens is 1. The lowest BCUT2D eigenvalue weighted by atomic mass is 9.95. The fourth-order valence-electron chi connectivity index (χ4n) is 4.26. The number of methoxy groups -OCH3 is 1. The summed E-state index contributed by atoms with van der Waals surface area (Å²) in [4.78, 5) is 32.2. The van der Waals surface area contributed by atoms with Gasteiger partial charge in [0.15, 0.2) is 0 Å². The molecule has 33 heavy (non-hydrogen) atoms. The molecule has 0 spiro atoms. The molecule has 6 nitrogen and oxygen atoms in total. The summed E-state index contributed by atoms with van der Waals surface area (Å²) in [5.74, 6) is -1.05. The molecular weight excluding hydrogens is 416 g/mol. The molecule has 5 rings (SSSR count). The Labute approximate surface area is 190 Å². The molecule has 1 aromatic heterocycles. The predicted octanol–water partition coefficient (Wildman–Crippen LogP) is 4.87. The molecule has 0 saturated carbocycles. The summed E-state index contributed by atoms with van der Waals surface area (Å²) in [6, 6.07) is 22.7. The third kappa shape index (κ3) is 3.42. The second kappa shape index (κ2) is 8.24. The van der Waals surface area contributed by atoms with Gasteiger partial charge in [-0.15, -0.1) is 0 Å². The van der Waals surface area contributed by atoms with Crippen LogP contribution in [0.15, 0.2) is 96.8 Å². The molecule has 1 atom stereocenters. The normalized spacial score (nSPS) is 17.5. The monoisotopic (exact) mass is 436 g/mol. The van der Waals surface area contributed by atoms with E-state index in [9.17, 15) is 14.7 Å². The summed E-state index contributed by atoms with van der Waals surface area (Å²) < 4.78 is 5.18. The SMILES string of the molecule is COc1ccc(/C(O)=C2\C(=O)C(=O)N(c3cccc4ccccc34)C2c2ccncc2)cc1. The number of hydrogen-bond acceptors (Lipinski definition) is 5. The average Bonchev–Trinajstić information content (AvgIpc) is 3.14. The number of anilines is 1. The van der Waals surface area contributed by atoms with E-state index in [-0.39, 0.29) is 11.3 Å². The largest absolute Gasteiger partial charge is 0.507 e. The highest BCUT2D eigenvalue weighted by atomic mass is 16.5. The number of pyridine rings is 1. The van der Waals surface area contributed by atoms with Crippen LogP contribution in [0.2, 0.25) is 0 Å². The lowest BCUT2D eigenvalue weighted by Crippen LogP contribution is -2.29. The molecule has 0 aliphatic carbocycles. The van der Waals surface area contributed by atoms with E-state index in [4.69, 9.17) is 4.74 Å². The predicted molar refractivity (Wildman–Crippen MR) is 126 cm³/mol. The van der Waals surface area contributed by atoms with Crippen molar-refractivity contribution < 1.29 is 19.4 Å². The van der Waals surface area contributed by atoms with Gasteiger partial charge in [0, 0.05) is 23.3 Å². The van der Waals surface area contributed by atoms with E-state index in [1.54, 1.807) is 55.9 Å². The highest BCUT2D eigenvalue weighted by Crippen LogP contribution is 2.44. The number of rotatable bonds is 4. The summed E-state index contributed by atoms with van der Waals surface area (Å²) in [6.07, 6.45) is 3.21. The second-order valence-electron chi connectivity index (χ2n) is 7.68. The van der Waals surface area contributed by atoms with Crippen LogP contribution in [-0.4, -0.2) is 28.9 Å². The summed E-state index contributed by atoms with van der Waals surface area (Å²) in [5.41, 5.74) is 1.73. The Morgan fingerprint density at radius 3 is 2.33 bits per heavy atom. The first-order valence-electron chi connectivity index (χ1n) is 10.4. The molecule has 3 aromatic carbocycles. The number of Topliss-reactive ketones (excluding diaryl/α,β-unsaturated/α-hetero) is 1. The number of nitrogens with zero attached hydrogens (tertiary/aromatic N) is 2. The molecule has 1 unspecified atom stereocenters. The molecule has 1 aliphatic heterocycles. The number of aliphatic hydroxyl groups is 1. The molecule has 1 N–H and O–H groups in total. The average molecular weight is 436 g/mol. The third-order valence-electron chi connectivity index (χ3n) is 5.86. The van der Waals surface area contributed by atoms with Gasteiger partial charge in [-0.2, -0.15) is 0 Å². The zero-order chi connectivity index (χ0) is 22.9. The third-order valence-corrected chi connectivity index (χ3v) is 5.86. The molecular formula is C27H20N2O4. The van der Waals surface area contributed by atoms with E-state index in [0.29, 0.717) is 22.6 Å². The number of ether oxygens (including phenoxy) is 1. The molecule has 1 fully saturated rings. The van der Waals surface area contributed by atoms with Crippen molar-refractivity contribution in [2.75, 3.05) is 12.0 Å². The van der Waals surface area contributed by atoms with Crippen LogP contribution in [0.4, 0.5) is 5.69 Å². The molecule has 2 heterocycles. The van der Waals surface area contributed by atoms with Crippen LogP contribution in [0.1, 0.15) is 17.2 Å². The Morgan fingerprint density at radius 2 is 1.61 bits per heavy atom. The fraction of sp³-hybridized carbons (Fsp3) is 0.0741. The lowest BCUT2D eigenvalue weighted by molar-refractivity contribution is -0.132. The first-order valence-corrected chi connectivity index (χ1v) is 10.4. The Balaban J connectivity index is 1.75. The van der Waals surface area contributed by atoms with Crippen LogP contribution in [0.25, 0.3) is 16.5 Å². The number of carbonyl (C=O) groups is 2. The van der Waals surface area contributed by atoms with Crippen LogP contribution in [0.3, 0.4) is 0 Å². The van der Waals surface area contributed by atoms with Crippen molar-refractivity contribution in [1.29, 1.82) is 0 Å². The zero-order valence-corrected chi connectivity index (χ0v) is 17.8. The van der Waals surface area contributed by atoms with Gasteiger partial charge in [0.1, 0.15) is 11.5 Å². The van der Waals surface area contributed by atoms with E-state index in [2.05, 4.69) is 4.98 Å². The van der Waals surface area contributed by atoms with E-state index in [1.807, 2.05) is 42.5 Å². The lowest BCUT2D eigenvalue weighted by Gasteiger charge is -2.26. The maximum atomic E-state index is 13.4. The molecule has 1 aliphatic rings. The summed E-state index contributed by atoms with van der Waals surface area (Å²) in [7, 11) is 1.55. The first-order chi connectivity index (χ1) is 16.1. The van der Waals surface area contributed by atoms with Crippen molar-refractivity contribution in [2.45, 2.75) is 6.04 Å². The van der Waals surface area contributed by atoms with Crippen molar-refractivity contribution in [2.24, 2.45) is 0 Å². The van der Waals surface area contributed by atoms with Crippen LogP contribution < -0.4 is 9.64 Å². The number of aliphatic hydroxyl groups excluding tert-OH is 1. The van der Waals surface area contributed by atoms with Crippen molar-refractivity contribution in [3.05, 3.63) is 108 Å². The Morgan fingerprint density at radius 1 is 0.909 bits per heavy atom. The van der Waals surface area contributed by atoms with Gasteiger partial charge in [0.25, 0.3) is 11.7 Å². The molecule has 0 bridgehead atoms. The van der Waals surface area contributed by atoms with Gasteiger partial charge >= 0.3 is 0 Å². The second-order valence-corrected chi connectivity index (χ2v) is 7.68. The van der Waals surface area contributed by atoms with Crippen molar-refractivity contribution in [1.82, 2.24) is 4.98 Å². The van der Waals surface area contributed by atoms with Crippen LogP contribution in [0, 0.1) is 0 Å². The van der Waals surface area contributed by atoms with Crippen LogP contribution in [-0.2, 0) is 9.59 Å². The first kappa shape index (κ1) is 20.5. The number of carbonyl (C=O) groups excluding carboxylic acids is 2. The number of hydrogen-bond donors (Lipinski definition) is 1. The van der Waals surface area contributed by atoms with E-state index >= 15 is 0 Å². The van der Waals surface area contributed by atoms with Gasteiger partial charge in [-0.05, 0) is 53.4 Å². The van der Waals surface area contributed by atoms with E-state index < -0.39 is 17.7 Å². The van der Waals surface area contributed by atoms with E-state index in [0.717, 1.165) is 10.8 Å². The molecule has 0 radical (unpaired) electrons. The molecule has 162 valence electrons. The van der Waals surface area contributed by atoms with Crippen LogP contribution >= 0.6 is 0 Å².